The van der Waals surface area contributed by atoms with Gasteiger partial charge >= 0.3 is 0 Å². The van der Waals surface area contributed by atoms with Crippen LogP contribution in [0.15, 0.2) is 12.1 Å². The molecule has 0 unspecified atom stereocenters. The molecule has 106 valence electrons. The van der Waals surface area contributed by atoms with Gasteiger partial charge in [0.25, 0.3) is 0 Å². The highest BCUT2D eigenvalue weighted by molar-refractivity contribution is 5.44. The normalized spacial score (nSPS) is 24.6. The summed E-state index contributed by atoms with van der Waals surface area (Å²) >= 11 is 0. The van der Waals surface area contributed by atoms with Crippen molar-refractivity contribution in [2.45, 2.75) is 59.2 Å². The molecule has 1 aromatic rings. The Hall–Kier alpha value is -1.09. The molecule has 2 heterocycles. The first-order valence-corrected chi connectivity index (χ1v) is 7.16. The summed E-state index contributed by atoms with van der Waals surface area (Å²) in [7, 11) is 0. The minimum atomic E-state index is 0.154. The molecule has 1 aliphatic rings. The Balaban J connectivity index is 2.25. The molecule has 2 atom stereocenters. The molecule has 0 aliphatic carbocycles. The van der Waals surface area contributed by atoms with Crippen molar-refractivity contribution < 1.29 is 4.74 Å². The molecule has 3 nitrogen and oxygen atoms in total. The average molecular weight is 262 g/mol. The molecule has 0 saturated carbocycles. The van der Waals surface area contributed by atoms with Crippen LogP contribution in [0.3, 0.4) is 0 Å². The van der Waals surface area contributed by atoms with E-state index >= 15 is 0 Å². The molecule has 1 saturated heterocycles. The zero-order valence-corrected chi connectivity index (χ0v) is 13.0. The van der Waals surface area contributed by atoms with E-state index in [1.165, 1.54) is 5.56 Å². The van der Waals surface area contributed by atoms with Gasteiger partial charge in [-0.2, -0.15) is 0 Å². The molecule has 3 heteroatoms. The van der Waals surface area contributed by atoms with E-state index in [2.05, 4.69) is 58.6 Å². The number of pyridine rings is 1. The second-order valence-electron chi connectivity index (χ2n) is 6.71. The van der Waals surface area contributed by atoms with Gasteiger partial charge in [0.05, 0.1) is 12.2 Å². The molecule has 1 fully saturated rings. The van der Waals surface area contributed by atoms with Gasteiger partial charge in [-0.3, -0.25) is 0 Å². The lowest BCUT2D eigenvalue weighted by Gasteiger charge is -2.36. The molecule has 19 heavy (non-hydrogen) atoms. The highest BCUT2D eigenvalue weighted by Crippen LogP contribution is 2.27. The fraction of sp³-hybridized carbons (Fsp3) is 0.688. The summed E-state index contributed by atoms with van der Waals surface area (Å²) in [6.07, 6.45) is 0.543. The van der Waals surface area contributed by atoms with Gasteiger partial charge in [-0.25, -0.2) is 4.98 Å². The summed E-state index contributed by atoms with van der Waals surface area (Å²) in [6.45, 7) is 14.9. The fourth-order valence-corrected chi connectivity index (χ4v) is 2.88. The number of nitrogens with zero attached hydrogens (tertiary/aromatic N) is 2. The van der Waals surface area contributed by atoms with Gasteiger partial charge in [-0.05, 0) is 37.8 Å². The fourth-order valence-electron chi connectivity index (χ4n) is 2.88. The van der Waals surface area contributed by atoms with Gasteiger partial charge < -0.3 is 9.64 Å². The van der Waals surface area contributed by atoms with E-state index in [0.29, 0.717) is 0 Å². The number of hydrogen-bond acceptors (Lipinski definition) is 3. The molecule has 0 amide bonds. The third kappa shape index (κ3) is 3.27. The number of morpholine rings is 1. The predicted octanol–water partition coefficient (Wildman–Crippen LogP) is 3.30. The second kappa shape index (κ2) is 5.12. The van der Waals surface area contributed by atoms with Crippen LogP contribution in [-0.2, 0) is 10.2 Å². The number of hydrogen-bond donors (Lipinski definition) is 0. The minimum Gasteiger partial charge on any atom is -0.372 e. The Morgan fingerprint density at radius 2 is 1.74 bits per heavy atom. The molecule has 0 N–H and O–H groups in total. The molecule has 0 bridgehead atoms. The summed E-state index contributed by atoms with van der Waals surface area (Å²) in [5.74, 6) is 1.08. The molecular weight excluding hydrogens is 236 g/mol. The lowest BCUT2D eigenvalue weighted by atomic mass is 9.86. The smallest absolute Gasteiger partial charge is 0.128 e. The van der Waals surface area contributed by atoms with E-state index in [-0.39, 0.29) is 17.6 Å². The van der Waals surface area contributed by atoms with Crippen LogP contribution in [0.25, 0.3) is 0 Å². The highest BCUT2D eigenvalue weighted by Gasteiger charge is 2.24. The van der Waals surface area contributed by atoms with Crippen LogP contribution < -0.4 is 4.90 Å². The molecule has 0 radical (unpaired) electrons. The van der Waals surface area contributed by atoms with Crippen molar-refractivity contribution in [3.05, 3.63) is 23.4 Å². The van der Waals surface area contributed by atoms with Crippen LogP contribution in [0.4, 0.5) is 5.82 Å². The Morgan fingerprint density at radius 1 is 1.16 bits per heavy atom. The highest BCUT2D eigenvalue weighted by atomic mass is 16.5. The van der Waals surface area contributed by atoms with Crippen LogP contribution in [0, 0.1) is 6.92 Å². The quantitative estimate of drug-likeness (QED) is 0.776. The van der Waals surface area contributed by atoms with E-state index in [0.717, 1.165) is 24.6 Å². The molecule has 2 rings (SSSR count). The summed E-state index contributed by atoms with van der Waals surface area (Å²) in [5, 5.41) is 0. The number of anilines is 1. The number of rotatable bonds is 1. The van der Waals surface area contributed by atoms with Crippen molar-refractivity contribution in [1.82, 2.24) is 4.98 Å². The third-order valence-electron chi connectivity index (χ3n) is 3.62. The standard InChI is InChI=1S/C16H26N2O/c1-11-9-18(10-12(2)19-11)15-8-7-14(13(3)17-15)16(4,5)6/h7-8,11-12H,9-10H2,1-6H3/t11-,12+. The average Bonchev–Trinajstić information content (AvgIpc) is 2.25. The van der Waals surface area contributed by atoms with E-state index in [1.807, 2.05) is 0 Å². The van der Waals surface area contributed by atoms with Crippen LogP contribution >= 0.6 is 0 Å². The molecule has 0 aromatic carbocycles. The Bertz CT molecular complexity index is 441. The van der Waals surface area contributed by atoms with Crippen LogP contribution in [0.2, 0.25) is 0 Å². The SMILES string of the molecule is Cc1nc(N2C[C@@H](C)O[C@@H](C)C2)ccc1C(C)(C)C. The Kier molecular flexibility index (Phi) is 3.86. The van der Waals surface area contributed by atoms with Gasteiger partial charge in [0.2, 0.25) is 0 Å². The first-order chi connectivity index (χ1) is 8.77. The van der Waals surface area contributed by atoms with Gasteiger partial charge in [-0.15, -0.1) is 0 Å². The number of ether oxygens (including phenoxy) is 1. The van der Waals surface area contributed by atoms with Gasteiger partial charge in [-0.1, -0.05) is 26.8 Å². The van der Waals surface area contributed by atoms with E-state index < -0.39 is 0 Å². The maximum atomic E-state index is 5.78. The molecule has 0 spiro atoms. The largest absolute Gasteiger partial charge is 0.372 e. The second-order valence-corrected chi connectivity index (χ2v) is 6.71. The maximum absolute atomic E-state index is 5.78. The lowest BCUT2D eigenvalue weighted by molar-refractivity contribution is -0.00547. The van der Waals surface area contributed by atoms with Crippen molar-refractivity contribution in [3.8, 4) is 0 Å². The van der Waals surface area contributed by atoms with Crippen molar-refractivity contribution >= 4 is 5.82 Å². The van der Waals surface area contributed by atoms with Gasteiger partial charge in [0.15, 0.2) is 0 Å². The summed E-state index contributed by atoms with van der Waals surface area (Å²) < 4.78 is 5.78. The first kappa shape index (κ1) is 14.3. The van der Waals surface area contributed by atoms with Gasteiger partial charge in [0, 0.05) is 18.8 Å². The number of aryl methyl sites for hydroxylation is 1. The van der Waals surface area contributed by atoms with Gasteiger partial charge in [0.1, 0.15) is 5.82 Å². The van der Waals surface area contributed by atoms with Crippen molar-refractivity contribution in [3.63, 3.8) is 0 Å². The minimum absolute atomic E-state index is 0.154. The Morgan fingerprint density at radius 3 is 2.21 bits per heavy atom. The molecule has 1 aliphatic heterocycles. The Labute approximate surface area is 117 Å². The maximum Gasteiger partial charge on any atom is 0.128 e. The lowest BCUT2D eigenvalue weighted by Crippen LogP contribution is -2.45. The van der Waals surface area contributed by atoms with E-state index in [1.54, 1.807) is 0 Å². The van der Waals surface area contributed by atoms with Crippen molar-refractivity contribution in [2.75, 3.05) is 18.0 Å². The zero-order chi connectivity index (χ0) is 14.2. The van der Waals surface area contributed by atoms with E-state index in [9.17, 15) is 0 Å². The predicted molar refractivity (Wildman–Crippen MR) is 79.9 cm³/mol. The van der Waals surface area contributed by atoms with E-state index in [4.69, 9.17) is 9.72 Å². The van der Waals surface area contributed by atoms with Crippen molar-refractivity contribution in [2.24, 2.45) is 0 Å². The van der Waals surface area contributed by atoms with Crippen LogP contribution in [0.1, 0.15) is 45.9 Å². The molecular formula is C16H26N2O. The summed E-state index contributed by atoms with van der Waals surface area (Å²) in [6, 6.07) is 4.38. The topological polar surface area (TPSA) is 25.4 Å². The van der Waals surface area contributed by atoms with Crippen LogP contribution in [-0.4, -0.2) is 30.3 Å². The number of aromatic nitrogens is 1. The summed E-state index contributed by atoms with van der Waals surface area (Å²) in [4.78, 5) is 7.13. The third-order valence-corrected chi connectivity index (χ3v) is 3.62. The first-order valence-electron chi connectivity index (χ1n) is 7.16. The monoisotopic (exact) mass is 262 g/mol. The van der Waals surface area contributed by atoms with Crippen molar-refractivity contribution in [1.29, 1.82) is 0 Å². The zero-order valence-electron chi connectivity index (χ0n) is 13.0. The summed E-state index contributed by atoms with van der Waals surface area (Å²) in [5.41, 5.74) is 2.61. The molecule has 1 aromatic heterocycles. The van der Waals surface area contributed by atoms with Crippen LogP contribution in [0.5, 0.6) is 0 Å².